The van der Waals surface area contributed by atoms with Crippen LogP contribution < -0.4 is 4.74 Å². The molecule has 1 aliphatic rings. The maximum absolute atomic E-state index is 13.9. The monoisotopic (exact) mass is 470 g/mol. The summed E-state index contributed by atoms with van der Waals surface area (Å²) in [7, 11) is 1.60. The fraction of sp³-hybridized carbons (Fsp3) is 0.304. The van der Waals surface area contributed by atoms with Crippen LogP contribution >= 0.6 is 11.8 Å². The Labute approximate surface area is 194 Å². The smallest absolute Gasteiger partial charge is 0.261 e. The SMILES string of the molecule is COC[C@@H](C)n1c(COc2ccccc2F)nnc1SCCN1C(=O)c2ccccc2C1=O. The average molecular weight is 471 g/mol. The number of hydrogen-bond acceptors (Lipinski definition) is 7. The number of hydrogen-bond donors (Lipinski definition) is 0. The summed E-state index contributed by atoms with van der Waals surface area (Å²) in [5.41, 5.74) is 0.855. The van der Waals surface area contributed by atoms with Gasteiger partial charge in [-0.05, 0) is 31.2 Å². The number of nitrogens with zero attached hydrogens (tertiary/aromatic N) is 4. The molecule has 0 bridgehead atoms. The van der Waals surface area contributed by atoms with Crippen LogP contribution in [-0.2, 0) is 11.3 Å². The lowest BCUT2D eigenvalue weighted by molar-refractivity contribution is 0.0664. The number of para-hydroxylation sites is 1. The molecule has 1 atom stereocenters. The Morgan fingerprint density at radius 3 is 2.36 bits per heavy atom. The molecule has 2 amide bonds. The Kier molecular flexibility index (Phi) is 7.05. The molecule has 0 spiro atoms. The highest BCUT2D eigenvalue weighted by Gasteiger charge is 2.34. The second kappa shape index (κ2) is 10.1. The molecule has 1 aromatic heterocycles. The normalized spacial score (nSPS) is 14.0. The molecular formula is C23H23FN4O4S. The number of benzene rings is 2. The first-order valence-corrected chi connectivity index (χ1v) is 11.4. The van der Waals surface area contributed by atoms with Gasteiger partial charge >= 0.3 is 0 Å². The van der Waals surface area contributed by atoms with Crippen LogP contribution in [0.5, 0.6) is 5.75 Å². The van der Waals surface area contributed by atoms with Crippen LogP contribution in [0.4, 0.5) is 4.39 Å². The van der Waals surface area contributed by atoms with Gasteiger partial charge in [-0.3, -0.25) is 19.1 Å². The molecule has 0 saturated heterocycles. The second-order valence-corrected chi connectivity index (χ2v) is 8.51. The second-order valence-electron chi connectivity index (χ2n) is 7.45. The largest absolute Gasteiger partial charge is 0.483 e. The number of carbonyl (C=O) groups excluding carboxylic acids is 2. The van der Waals surface area contributed by atoms with E-state index >= 15 is 0 Å². The average Bonchev–Trinajstić information content (AvgIpc) is 3.33. The van der Waals surface area contributed by atoms with Crippen LogP contribution in [0.3, 0.4) is 0 Å². The minimum atomic E-state index is -0.455. The van der Waals surface area contributed by atoms with Crippen LogP contribution in [0.25, 0.3) is 0 Å². The van der Waals surface area contributed by atoms with Gasteiger partial charge in [0.05, 0.1) is 23.8 Å². The van der Waals surface area contributed by atoms with Crippen molar-refractivity contribution in [3.63, 3.8) is 0 Å². The molecule has 0 N–H and O–H groups in total. The Morgan fingerprint density at radius 1 is 1.03 bits per heavy atom. The predicted molar refractivity (Wildman–Crippen MR) is 120 cm³/mol. The number of rotatable bonds is 10. The van der Waals surface area contributed by atoms with Gasteiger partial charge in [0.1, 0.15) is 6.61 Å². The zero-order valence-corrected chi connectivity index (χ0v) is 19.0. The van der Waals surface area contributed by atoms with E-state index in [0.717, 1.165) is 0 Å². The third-order valence-corrected chi connectivity index (χ3v) is 6.12. The quantitative estimate of drug-likeness (QED) is 0.331. The summed E-state index contributed by atoms with van der Waals surface area (Å²) in [6.45, 7) is 2.63. The van der Waals surface area contributed by atoms with Crippen molar-refractivity contribution in [1.29, 1.82) is 0 Å². The van der Waals surface area contributed by atoms with Gasteiger partial charge in [-0.25, -0.2) is 4.39 Å². The molecule has 0 fully saturated rings. The van der Waals surface area contributed by atoms with E-state index in [1.165, 1.54) is 22.7 Å². The number of halogens is 1. The number of amides is 2. The molecule has 10 heteroatoms. The minimum absolute atomic E-state index is 0.0287. The molecule has 2 heterocycles. The van der Waals surface area contributed by atoms with Gasteiger partial charge in [0.15, 0.2) is 22.5 Å². The number of thioether (sulfide) groups is 1. The summed E-state index contributed by atoms with van der Waals surface area (Å²) < 4.78 is 26.7. The number of carbonyl (C=O) groups is 2. The predicted octanol–water partition coefficient (Wildman–Crippen LogP) is 3.59. The molecular weight excluding hydrogens is 447 g/mol. The van der Waals surface area contributed by atoms with Crippen LogP contribution in [-0.4, -0.2) is 57.5 Å². The van der Waals surface area contributed by atoms with Gasteiger partial charge in [-0.1, -0.05) is 36.0 Å². The van der Waals surface area contributed by atoms with Crippen molar-refractivity contribution < 1.29 is 23.5 Å². The maximum atomic E-state index is 13.9. The molecule has 172 valence electrons. The molecule has 0 unspecified atom stereocenters. The Hall–Kier alpha value is -3.24. The summed E-state index contributed by atoms with van der Waals surface area (Å²) >= 11 is 1.37. The molecule has 0 saturated carbocycles. The lowest BCUT2D eigenvalue weighted by Gasteiger charge is -2.18. The number of ether oxygens (including phenoxy) is 2. The first kappa shape index (κ1) is 22.9. The third-order valence-electron chi connectivity index (χ3n) is 5.20. The summed E-state index contributed by atoms with van der Waals surface area (Å²) in [6, 6.07) is 12.9. The zero-order valence-electron chi connectivity index (χ0n) is 18.2. The summed E-state index contributed by atoms with van der Waals surface area (Å²) in [5.74, 6) is 0.0624. The van der Waals surface area contributed by atoms with E-state index in [1.54, 1.807) is 49.6 Å². The van der Waals surface area contributed by atoms with E-state index in [0.29, 0.717) is 34.5 Å². The molecule has 0 aliphatic carbocycles. The van der Waals surface area contributed by atoms with Crippen molar-refractivity contribution in [3.05, 3.63) is 71.3 Å². The first-order valence-electron chi connectivity index (χ1n) is 10.4. The van der Waals surface area contributed by atoms with E-state index in [2.05, 4.69) is 10.2 Å². The standard InChI is InChI=1S/C23H23FN4O4S/c1-15(13-31-2)28-20(14-32-19-10-6-5-9-18(19)24)25-26-23(28)33-12-11-27-21(29)16-7-3-4-8-17(16)22(27)30/h3-10,15H,11-14H2,1-2H3/t15-/m1/s1. The van der Waals surface area contributed by atoms with Gasteiger partial charge in [0.2, 0.25) is 0 Å². The van der Waals surface area contributed by atoms with Crippen LogP contribution in [0.2, 0.25) is 0 Å². The van der Waals surface area contributed by atoms with Gasteiger partial charge in [-0.2, -0.15) is 0 Å². The lowest BCUT2D eigenvalue weighted by atomic mass is 10.1. The summed E-state index contributed by atoms with van der Waals surface area (Å²) in [6.07, 6.45) is 0. The molecule has 3 aromatic rings. The Morgan fingerprint density at radius 2 is 1.70 bits per heavy atom. The van der Waals surface area contributed by atoms with E-state index in [1.807, 2.05) is 11.5 Å². The van der Waals surface area contributed by atoms with Crippen LogP contribution in [0.15, 0.2) is 53.7 Å². The third kappa shape index (κ3) is 4.76. The highest BCUT2D eigenvalue weighted by molar-refractivity contribution is 7.99. The highest BCUT2D eigenvalue weighted by Crippen LogP contribution is 2.26. The molecule has 4 rings (SSSR count). The van der Waals surface area contributed by atoms with E-state index in [4.69, 9.17) is 9.47 Å². The fourth-order valence-electron chi connectivity index (χ4n) is 3.64. The first-order chi connectivity index (χ1) is 16.0. The van der Waals surface area contributed by atoms with Crippen molar-refractivity contribution in [2.24, 2.45) is 0 Å². The zero-order chi connectivity index (χ0) is 23.4. The summed E-state index contributed by atoms with van der Waals surface area (Å²) in [4.78, 5) is 26.4. The van der Waals surface area contributed by atoms with Gasteiger partial charge in [0, 0.05) is 19.4 Å². The van der Waals surface area contributed by atoms with E-state index in [-0.39, 0.29) is 36.8 Å². The number of methoxy groups -OCH3 is 1. The Bertz CT molecular complexity index is 1130. The van der Waals surface area contributed by atoms with Gasteiger partial charge < -0.3 is 9.47 Å². The van der Waals surface area contributed by atoms with Crippen molar-refractivity contribution in [2.75, 3.05) is 26.0 Å². The molecule has 33 heavy (non-hydrogen) atoms. The van der Waals surface area contributed by atoms with Crippen molar-refractivity contribution in [3.8, 4) is 5.75 Å². The fourth-order valence-corrected chi connectivity index (χ4v) is 4.62. The van der Waals surface area contributed by atoms with Crippen molar-refractivity contribution >= 4 is 23.6 Å². The molecule has 0 radical (unpaired) electrons. The highest BCUT2D eigenvalue weighted by atomic mass is 32.2. The topological polar surface area (TPSA) is 86.6 Å². The van der Waals surface area contributed by atoms with Gasteiger partial charge in [0.25, 0.3) is 11.8 Å². The van der Waals surface area contributed by atoms with Crippen LogP contribution in [0, 0.1) is 5.82 Å². The lowest BCUT2D eigenvalue weighted by Crippen LogP contribution is -2.31. The van der Waals surface area contributed by atoms with Gasteiger partial charge in [-0.15, -0.1) is 10.2 Å². The van der Waals surface area contributed by atoms with E-state index in [9.17, 15) is 14.0 Å². The van der Waals surface area contributed by atoms with Crippen molar-refractivity contribution in [1.82, 2.24) is 19.7 Å². The number of aromatic nitrogens is 3. The number of imide groups is 1. The number of fused-ring (bicyclic) bond motifs is 1. The maximum Gasteiger partial charge on any atom is 0.261 e. The molecule has 8 nitrogen and oxygen atoms in total. The Balaban J connectivity index is 1.44. The van der Waals surface area contributed by atoms with Crippen molar-refractivity contribution in [2.45, 2.75) is 24.7 Å². The summed E-state index contributed by atoms with van der Waals surface area (Å²) in [5, 5.41) is 9.07. The van der Waals surface area contributed by atoms with Crippen LogP contribution in [0.1, 0.15) is 39.5 Å². The molecule has 1 aliphatic heterocycles. The molecule has 2 aromatic carbocycles. The minimum Gasteiger partial charge on any atom is -0.483 e. The van der Waals surface area contributed by atoms with E-state index < -0.39 is 5.82 Å².